The number of benzene rings is 2. The highest BCUT2D eigenvalue weighted by Crippen LogP contribution is 2.40. The monoisotopic (exact) mass is 428 g/mol. The first-order valence-corrected chi connectivity index (χ1v) is 10.3. The molecule has 1 aliphatic rings. The molecule has 0 saturated carbocycles. The standard InChI is InChI=1S/C20H17ClN2O4.C3H8/c21-14-7-5-12(6-8-14)20-19(23(10-18(25)26)17(24)11-27-20)16-9-13-3-1-2-4-15(13)22-16;1-3-2/h1-9,19-20,22H,10-11H2,(H,25,26);3H2,1-2H3. The Labute approximate surface area is 180 Å². The maximum absolute atomic E-state index is 12.5. The molecule has 30 heavy (non-hydrogen) atoms. The topological polar surface area (TPSA) is 82.6 Å². The molecule has 0 radical (unpaired) electrons. The molecule has 1 amide bonds. The van der Waals surface area contributed by atoms with Gasteiger partial charge in [-0.25, -0.2) is 0 Å². The van der Waals surface area contributed by atoms with Crippen LogP contribution in [0.3, 0.4) is 0 Å². The first kappa shape index (κ1) is 21.9. The van der Waals surface area contributed by atoms with Crippen LogP contribution in [0.5, 0.6) is 0 Å². The lowest BCUT2D eigenvalue weighted by Crippen LogP contribution is -2.47. The summed E-state index contributed by atoms with van der Waals surface area (Å²) in [7, 11) is 0. The molecule has 2 N–H and O–H groups in total. The zero-order chi connectivity index (χ0) is 21.7. The number of ether oxygens (including phenoxy) is 1. The molecule has 1 aromatic heterocycles. The van der Waals surface area contributed by atoms with Crippen LogP contribution < -0.4 is 0 Å². The lowest BCUT2D eigenvalue weighted by atomic mass is 9.96. The number of carbonyl (C=O) groups excluding carboxylic acids is 1. The minimum absolute atomic E-state index is 0.169. The van der Waals surface area contributed by atoms with Crippen LogP contribution in [0.25, 0.3) is 10.9 Å². The third-order valence-corrected chi connectivity index (χ3v) is 4.95. The second kappa shape index (κ2) is 9.78. The van der Waals surface area contributed by atoms with Crippen LogP contribution in [-0.4, -0.2) is 40.0 Å². The molecule has 1 aliphatic heterocycles. The van der Waals surface area contributed by atoms with Crippen molar-refractivity contribution >= 4 is 34.4 Å². The van der Waals surface area contributed by atoms with E-state index in [2.05, 4.69) is 18.8 Å². The van der Waals surface area contributed by atoms with Gasteiger partial charge in [-0.05, 0) is 35.2 Å². The number of rotatable bonds is 4. The third kappa shape index (κ3) is 4.83. The minimum Gasteiger partial charge on any atom is -0.480 e. The second-order valence-corrected chi connectivity index (χ2v) is 7.60. The van der Waals surface area contributed by atoms with E-state index in [1.165, 1.54) is 11.3 Å². The van der Waals surface area contributed by atoms with Gasteiger partial charge in [-0.1, -0.05) is 62.2 Å². The van der Waals surface area contributed by atoms with Crippen LogP contribution >= 0.6 is 11.6 Å². The van der Waals surface area contributed by atoms with Crippen LogP contribution in [0.4, 0.5) is 0 Å². The zero-order valence-corrected chi connectivity index (χ0v) is 17.7. The van der Waals surface area contributed by atoms with Gasteiger partial charge in [-0.2, -0.15) is 0 Å². The Bertz CT molecular complexity index is 982. The molecular weight excluding hydrogens is 404 g/mol. The van der Waals surface area contributed by atoms with Crippen molar-refractivity contribution in [1.82, 2.24) is 9.88 Å². The number of morpholine rings is 1. The van der Waals surface area contributed by atoms with Crippen molar-refractivity contribution in [3.63, 3.8) is 0 Å². The van der Waals surface area contributed by atoms with Crippen molar-refractivity contribution in [2.24, 2.45) is 0 Å². The van der Waals surface area contributed by atoms with Gasteiger partial charge in [0.25, 0.3) is 0 Å². The largest absolute Gasteiger partial charge is 0.480 e. The maximum Gasteiger partial charge on any atom is 0.323 e. The van der Waals surface area contributed by atoms with Gasteiger partial charge in [0.05, 0.1) is 0 Å². The molecule has 1 saturated heterocycles. The molecule has 4 rings (SSSR count). The van der Waals surface area contributed by atoms with Crippen molar-refractivity contribution in [1.29, 1.82) is 0 Å². The van der Waals surface area contributed by atoms with E-state index in [9.17, 15) is 14.7 Å². The molecule has 1 fully saturated rings. The van der Waals surface area contributed by atoms with Gasteiger partial charge in [0.2, 0.25) is 5.91 Å². The smallest absolute Gasteiger partial charge is 0.323 e. The summed E-state index contributed by atoms with van der Waals surface area (Å²) < 4.78 is 5.84. The average Bonchev–Trinajstić information content (AvgIpc) is 3.14. The number of aromatic nitrogens is 1. The van der Waals surface area contributed by atoms with Crippen LogP contribution in [0.2, 0.25) is 5.02 Å². The molecule has 0 aliphatic carbocycles. The number of para-hydroxylation sites is 1. The Morgan fingerprint density at radius 2 is 1.87 bits per heavy atom. The number of nitrogens with zero attached hydrogens (tertiary/aromatic N) is 1. The number of carboxylic acids is 1. The highest BCUT2D eigenvalue weighted by molar-refractivity contribution is 6.30. The van der Waals surface area contributed by atoms with Crippen LogP contribution in [0, 0.1) is 0 Å². The highest BCUT2D eigenvalue weighted by Gasteiger charge is 2.40. The molecule has 158 valence electrons. The lowest BCUT2D eigenvalue weighted by molar-refractivity contribution is -0.164. The van der Waals surface area contributed by atoms with E-state index >= 15 is 0 Å². The number of hydrogen-bond donors (Lipinski definition) is 2. The highest BCUT2D eigenvalue weighted by atomic mass is 35.5. The molecule has 2 unspecified atom stereocenters. The van der Waals surface area contributed by atoms with E-state index in [-0.39, 0.29) is 12.5 Å². The number of fused-ring (bicyclic) bond motifs is 1. The number of amides is 1. The fourth-order valence-electron chi connectivity index (χ4n) is 3.50. The summed E-state index contributed by atoms with van der Waals surface area (Å²) in [5.74, 6) is -1.42. The molecule has 2 aromatic carbocycles. The predicted octanol–water partition coefficient (Wildman–Crippen LogP) is 4.96. The Morgan fingerprint density at radius 1 is 1.20 bits per heavy atom. The number of H-pyrrole nitrogens is 1. The molecule has 6 nitrogen and oxygen atoms in total. The SMILES string of the molecule is CCC.O=C(O)CN1C(=O)COC(c2ccc(Cl)cc2)C1c1cc2ccccc2[nH]1. The molecule has 0 bridgehead atoms. The van der Waals surface area contributed by atoms with Gasteiger partial charge in [0, 0.05) is 16.2 Å². The van der Waals surface area contributed by atoms with Crippen molar-refractivity contribution in [2.75, 3.05) is 13.2 Å². The number of carbonyl (C=O) groups is 2. The summed E-state index contributed by atoms with van der Waals surface area (Å²) in [5.41, 5.74) is 2.46. The molecular formula is C23H25ClN2O4. The van der Waals surface area contributed by atoms with E-state index in [0.29, 0.717) is 5.02 Å². The Morgan fingerprint density at radius 3 is 2.50 bits per heavy atom. The van der Waals surface area contributed by atoms with Gasteiger partial charge in [-0.15, -0.1) is 0 Å². The van der Waals surface area contributed by atoms with E-state index in [1.807, 2.05) is 42.5 Å². The van der Waals surface area contributed by atoms with Gasteiger partial charge in [0.15, 0.2) is 0 Å². The van der Waals surface area contributed by atoms with Gasteiger partial charge >= 0.3 is 5.97 Å². The number of aromatic amines is 1. The summed E-state index contributed by atoms with van der Waals surface area (Å²) >= 11 is 5.99. The quantitative estimate of drug-likeness (QED) is 0.615. The number of nitrogens with one attached hydrogen (secondary N) is 1. The van der Waals surface area contributed by atoms with Crippen molar-refractivity contribution < 1.29 is 19.4 Å². The summed E-state index contributed by atoms with van der Waals surface area (Å²) in [6.45, 7) is 3.68. The molecule has 3 aromatic rings. The van der Waals surface area contributed by atoms with Crippen LogP contribution in [-0.2, 0) is 14.3 Å². The molecule has 2 heterocycles. The van der Waals surface area contributed by atoms with Crippen molar-refractivity contribution in [2.45, 2.75) is 32.4 Å². The van der Waals surface area contributed by atoms with Crippen molar-refractivity contribution in [3.05, 3.63) is 70.9 Å². The Kier molecular flexibility index (Phi) is 7.13. The van der Waals surface area contributed by atoms with E-state index in [1.54, 1.807) is 12.1 Å². The first-order valence-electron chi connectivity index (χ1n) is 9.90. The summed E-state index contributed by atoms with van der Waals surface area (Å²) in [6, 6.07) is 16.2. The lowest BCUT2D eigenvalue weighted by Gasteiger charge is -2.40. The van der Waals surface area contributed by atoms with E-state index in [0.717, 1.165) is 22.2 Å². The summed E-state index contributed by atoms with van der Waals surface area (Å²) in [4.78, 5) is 28.5. The maximum atomic E-state index is 12.5. The van der Waals surface area contributed by atoms with Crippen LogP contribution in [0.15, 0.2) is 54.6 Å². The van der Waals surface area contributed by atoms with Gasteiger partial charge in [-0.3, -0.25) is 9.59 Å². The summed E-state index contributed by atoms with van der Waals surface area (Å²) in [5, 5.41) is 10.9. The number of halogens is 1. The zero-order valence-electron chi connectivity index (χ0n) is 17.0. The van der Waals surface area contributed by atoms with Gasteiger partial charge < -0.3 is 19.7 Å². The molecule has 2 atom stereocenters. The molecule has 0 spiro atoms. The number of carboxylic acid groups (broad SMARTS) is 1. The number of hydrogen-bond acceptors (Lipinski definition) is 3. The predicted molar refractivity (Wildman–Crippen MR) is 116 cm³/mol. The second-order valence-electron chi connectivity index (χ2n) is 7.16. The normalized spacial score (nSPS) is 18.8. The summed E-state index contributed by atoms with van der Waals surface area (Å²) in [6.07, 6.45) is 0.743. The third-order valence-electron chi connectivity index (χ3n) is 4.70. The fourth-order valence-corrected chi connectivity index (χ4v) is 3.63. The molecule has 7 heteroatoms. The Balaban J connectivity index is 0.000000806. The average molecular weight is 429 g/mol. The van der Waals surface area contributed by atoms with E-state index < -0.39 is 24.7 Å². The van der Waals surface area contributed by atoms with Crippen molar-refractivity contribution in [3.8, 4) is 0 Å². The van der Waals surface area contributed by atoms with Crippen LogP contribution in [0.1, 0.15) is 43.7 Å². The van der Waals surface area contributed by atoms with Gasteiger partial charge in [0.1, 0.15) is 25.3 Å². The fraction of sp³-hybridized carbons (Fsp3) is 0.304. The number of aliphatic carboxylic acids is 1. The van der Waals surface area contributed by atoms with E-state index in [4.69, 9.17) is 16.3 Å². The Hall–Kier alpha value is -2.83. The first-order chi connectivity index (χ1) is 14.4. The minimum atomic E-state index is -1.07.